The van der Waals surface area contributed by atoms with E-state index in [1.165, 1.54) is 4.57 Å². The summed E-state index contributed by atoms with van der Waals surface area (Å²) < 4.78 is 31.1. The molecular weight excluding hydrogens is 356 g/mol. The summed E-state index contributed by atoms with van der Waals surface area (Å²) in [6, 6.07) is -0.420. The molecule has 2 aromatic rings. The molecule has 1 aromatic carbocycles. The van der Waals surface area contributed by atoms with Gasteiger partial charge in [0, 0.05) is 36.7 Å². The van der Waals surface area contributed by atoms with Gasteiger partial charge in [0.1, 0.15) is 6.17 Å². The number of nitrogens with one attached hydrogen (secondary N) is 1. The number of nitrogens with zero attached hydrogens (tertiary/aromatic N) is 2. The van der Waals surface area contributed by atoms with Gasteiger partial charge in [0.25, 0.3) is 5.56 Å². The normalized spacial score (nSPS) is 24.0. The molecule has 9 heteroatoms. The van der Waals surface area contributed by atoms with Gasteiger partial charge in [-0.25, -0.2) is 13.6 Å². The first-order chi connectivity index (χ1) is 12.7. The Balaban J connectivity index is 1.99. The number of aryl methyl sites for hydroxylation is 1. The van der Waals surface area contributed by atoms with Crippen LogP contribution in [0.3, 0.4) is 0 Å². The molecule has 2 aliphatic rings. The van der Waals surface area contributed by atoms with Crippen molar-refractivity contribution in [1.82, 2.24) is 9.55 Å². The van der Waals surface area contributed by atoms with Crippen LogP contribution in [-0.4, -0.2) is 34.9 Å². The Kier molecular flexibility index (Phi) is 4.03. The van der Waals surface area contributed by atoms with E-state index < -0.39 is 29.2 Å². The van der Waals surface area contributed by atoms with E-state index in [0.29, 0.717) is 11.1 Å². The van der Waals surface area contributed by atoms with Crippen molar-refractivity contribution in [1.29, 1.82) is 0 Å². The van der Waals surface area contributed by atoms with E-state index in [9.17, 15) is 14.0 Å². The predicted molar refractivity (Wildman–Crippen MR) is 100 cm³/mol. The van der Waals surface area contributed by atoms with Gasteiger partial charge in [-0.15, -0.1) is 0 Å². The SMILES string of the molecule is Cc1c(N2CC(F)C(C(C)N)C2)c(F)c(N)c2c(=O)[nH]c(=O)n(C3CC3)c12. The largest absolute Gasteiger partial charge is 0.396 e. The van der Waals surface area contributed by atoms with Crippen molar-refractivity contribution in [2.75, 3.05) is 23.7 Å². The molecule has 4 rings (SSSR count). The van der Waals surface area contributed by atoms with Crippen LogP contribution in [0, 0.1) is 18.7 Å². The van der Waals surface area contributed by atoms with Gasteiger partial charge in [-0.2, -0.15) is 0 Å². The zero-order chi connectivity index (χ0) is 19.6. The van der Waals surface area contributed by atoms with Gasteiger partial charge < -0.3 is 16.4 Å². The molecule has 27 heavy (non-hydrogen) atoms. The Labute approximate surface area is 153 Å². The number of nitrogens with two attached hydrogens (primary N) is 2. The monoisotopic (exact) mass is 379 g/mol. The van der Waals surface area contributed by atoms with E-state index in [2.05, 4.69) is 4.98 Å². The summed E-state index contributed by atoms with van der Waals surface area (Å²) in [5, 5.41) is -0.0278. The zero-order valence-electron chi connectivity index (χ0n) is 15.3. The second-order valence-corrected chi connectivity index (χ2v) is 7.73. The standard InChI is InChI=1S/C18H23F2N5O2/c1-7-15-12(17(26)23-18(27)25(15)9-3-4-9)14(22)13(20)16(7)24-5-10(8(2)21)11(19)6-24/h8-11H,3-6,21-22H2,1-2H3,(H,23,26,27). The van der Waals surface area contributed by atoms with Crippen LogP contribution in [0.25, 0.3) is 10.9 Å². The van der Waals surface area contributed by atoms with Crippen molar-refractivity contribution in [2.24, 2.45) is 11.7 Å². The summed E-state index contributed by atoms with van der Waals surface area (Å²) in [6.45, 7) is 3.61. The molecule has 3 unspecified atom stereocenters. The van der Waals surface area contributed by atoms with Gasteiger partial charge in [0.2, 0.25) is 0 Å². The van der Waals surface area contributed by atoms with Crippen molar-refractivity contribution in [3.8, 4) is 0 Å². The number of nitrogen functional groups attached to an aromatic ring is 1. The first-order valence-corrected chi connectivity index (χ1v) is 9.13. The Morgan fingerprint density at radius 1 is 1.26 bits per heavy atom. The number of aromatic amines is 1. The van der Waals surface area contributed by atoms with E-state index in [0.717, 1.165) is 12.8 Å². The fraction of sp³-hybridized carbons (Fsp3) is 0.556. The highest BCUT2D eigenvalue weighted by Crippen LogP contribution is 2.41. The van der Waals surface area contributed by atoms with E-state index in [1.54, 1.807) is 18.7 Å². The lowest BCUT2D eigenvalue weighted by molar-refractivity contribution is 0.259. The number of aromatic nitrogens is 2. The second kappa shape index (κ2) is 6.05. The van der Waals surface area contributed by atoms with Crippen LogP contribution in [0.15, 0.2) is 9.59 Å². The highest BCUT2D eigenvalue weighted by Gasteiger charge is 2.38. The van der Waals surface area contributed by atoms with Crippen LogP contribution < -0.4 is 27.6 Å². The third-order valence-corrected chi connectivity index (χ3v) is 5.76. The van der Waals surface area contributed by atoms with Crippen molar-refractivity contribution in [3.63, 3.8) is 0 Å². The summed E-state index contributed by atoms with van der Waals surface area (Å²) in [4.78, 5) is 28.5. The van der Waals surface area contributed by atoms with Crippen LogP contribution in [0.1, 0.15) is 31.4 Å². The summed E-state index contributed by atoms with van der Waals surface area (Å²) in [6.07, 6.45) is 0.414. The smallest absolute Gasteiger partial charge is 0.329 e. The predicted octanol–water partition coefficient (Wildman–Crippen LogP) is 1.18. The lowest BCUT2D eigenvalue weighted by Gasteiger charge is -2.25. The van der Waals surface area contributed by atoms with Crippen molar-refractivity contribution in [2.45, 2.75) is 44.9 Å². The maximum atomic E-state index is 15.2. The number of hydrogen-bond acceptors (Lipinski definition) is 5. The fourth-order valence-corrected chi connectivity index (χ4v) is 4.21. The number of hydrogen-bond donors (Lipinski definition) is 3. The Bertz CT molecular complexity index is 1040. The number of benzene rings is 1. The molecule has 7 nitrogen and oxygen atoms in total. The highest BCUT2D eigenvalue weighted by molar-refractivity contribution is 5.97. The molecule has 0 radical (unpaired) electrons. The number of anilines is 2. The molecule has 1 aliphatic carbocycles. The van der Waals surface area contributed by atoms with Crippen LogP contribution in [-0.2, 0) is 0 Å². The molecule has 0 amide bonds. The molecule has 2 fully saturated rings. The third-order valence-electron chi connectivity index (χ3n) is 5.76. The van der Waals surface area contributed by atoms with E-state index >= 15 is 4.39 Å². The van der Waals surface area contributed by atoms with Crippen LogP contribution in [0.5, 0.6) is 0 Å². The summed E-state index contributed by atoms with van der Waals surface area (Å²) in [5.41, 5.74) is 11.2. The lowest BCUT2D eigenvalue weighted by atomic mass is 10.00. The summed E-state index contributed by atoms with van der Waals surface area (Å²) >= 11 is 0. The molecule has 1 aliphatic heterocycles. The maximum absolute atomic E-state index is 15.2. The number of halogens is 2. The summed E-state index contributed by atoms with van der Waals surface area (Å²) in [7, 11) is 0. The number of rotatable bonds is 3. The van der Waals surface area contributed by atoms with Gasteiger partial charge in [-0.05, 0) is 26.7 Å². The summed E-state index contributed by atoms with van der Waals surface area (Å²) in [5.74, 6) is -1.19. The fourth-order valence-electron chi connectivity index (χ4n) is 4.21. The molecular formula is C18H23F2N5O2. The third kappa shape index (κ3) is 2.63. The molecule has 1 saturated carbocycles. The Morgan fingerprint density at radius 3 is 2.48 bits per heavy atom. The molecule has 1 saturated heterocycles. The van der Waals surface area contributed by atoms with E-state index in [4.69, 9.17) is 11.5 Å². The Hall–Kier alpha value is -2.42. The minimum atomic E-state index is -1.19. The minimum Gasteiger partial charge on any atom is -0.396 e. The molecule has 0 bridgehead atoms. The van der Waals surface area contributed by atoms with Crippen LogP contribution in [0.2, 0.25) is 0 Å². The van der Waals surface area contributed by atoms with Gasteiger partial charge in [-0.3, -0.25) is 14.3 Å². The van der Waals surface area contributed by atoms with Gasteiger partial charge in [0.15, 0.2) is 5.82 Å². The number of alkyl halides is 1. The van der Waals surface area contributed by atoms with Crippen LogP contribution in [0.4, 0.5) is 20.2 Å². The molecule has 1 aromatic heterocycles. The number of fused-ring (bicyclic) bond motifs is 1. The molecule has 146 valence electrons. The van der Waals surface area contributed by atoms with Gasteiger partial charge >= 0.3 is 5.69 Å². The van der Waals surface area contributed by atoms with Crippen molar-refractivity contribution in [3.05, 3.63) is 32.2 Å². The first kappa shape index (κ1) is 18.0. The topological polar surface area (TPSA) is 110 Å². The average molecular weight is 379 g/mol. The molecule has 0 spiro atoms. The number of H-pyrrole nitrogens is 1. The molecule has 5 N–H and O–H groups in total. The van der Waals surface area contributed by atoms with Crippen molar-refractivity contribution >= 4 is 22.3 Å². The van der Waals surface area contributed by atoms with Crippen LogP contribution >= 0.6 is 0 Å². The zero-order valence-corrected chi connectivity index (χ0v) is 15.3. The van der Waals surface area contributed by atoms with Crippen molar-refractivity contribution < 1.29 is 8.78 Å². The second-order valence-electron chi connectivity index (χ2n) is 7.73. The molecule has 3 atom stereocenters. The minimum absolute atomic E-state index is 0.00817. The van der Waals surface area contributed by atoms with E-state index in [-0.39, 0.29) is 41.9 Å². The lowest BCUT2D eigenvalue weighted by Crippen LogP contribution is -2.34. The van der Waals surface area contributed by atoms with Gasteiger partial charge in [0.05, 0.1) is 22.3 Å². The Morgan fingerprint density at radius 2 is 1.93 bits per heavy atom. The van der Waals surface area contributed by atoms with E-state index in [1.807, 2.05) is 0 Å². The average Bonchev–Trinajstić information content (AvgIpc) is 3.34. The highest BCUT2D eigenvalue weighted by atomic mass is 19.1. The molecule has 2 heterocycles. The quantitative estimate of drug-likeness (QED) is 0.694. The first-order valence-electron chi connectivity index (χ1n) is 9.13. The van der Waals surface area contributed by atoms with Gasteiger partial charge in [-0.1, -0.05) is 0 Å². The maximum Gasteiger partial charge on any atom is 0.329 e.